The minimum Gasteiger partial charge on any atom is -0.494 e. The number of carbonyl (C=O) groups excluding carboxylic acids is 1. The van der Waals surface area contributed by atoms with E-state index in [0.29, 0.717) is 43.9 Å². The molecule has 0 atom stereocenters. The lowest BCUT2D eigenvalue weighted by Crippen LogP contribution is -2.30. The van der Waals surface area contributed by atoms with Gasteiger partial charge in [-0.05, 0) is 74.6 Å². The molecule has 7 nitrogen and oxygen atoms in total. The highest BCUT2D eigenvalue weighted by molar-refractivity contribution is 7.90. The Balaban J connectivity index is 1.41. The monoisotopic (exact) mass is 457 g/mol. The molecule has 0 unspecified atom stereocenters. The molecular weight excluding hydrogens is 426 g/mol. The molecule has 1 amide bonds. The number of ether oxygens (including phenoxy) is 1. The summed E-state index contributed by atoms with van der Waals surface area (Å²) in [6.45, 7) is 3.23. The minimum atomic E-state index is -3.67. The molecular formula is C24H31N3O4S. The first-order valence-corrected chi connectivity index (χ1v) is 12.6. The molecule has 2 aromatic carbocycles. The zero-order valence-electron chi connectivity index (χ0n) is 18.5. The lowest BCUT2D eigenvalue weighted by molar-refractivity contribution is -0.116. The van der Waals surface area contributed by atoms with Crippen LogP contribution in [0, 0.1) is 6.92 Å². The number of aryl methyl sites for hydroxylation is 1. The first-order valence-electron chi connectivity index (χ1n) is 11.1. The number of anilines is 1. The van der Waals surface area contributed by atoms with Gasteiger partial charge >= 0.3 is 0 Å². The van der Waals surface area contributed by atoms with E-state index in [1.165, 1.54) is 12.1 Å². The van der Waals surface area contributed by atoms with Crippen molar-refractivity contribution < 1.29 is 17.9 Å². The molecule has 2 N–H and O–H groups in total. The van der Waals surface area contributed by atoms with Gasteiger partial charge in [0.25, 0.3) is 10.0 Å². The third-order valence-corrected chi connectivity index (χ3v) is 6.53. The molecule has 8 heteroatoms. The Hall–Kier alpha value is -2.87. The van der Waals surface area contributed by atoms with Gasteiger partial charge in [-0.2, -0.15) is 0 Å². The SMILES string of the molecule is Cc1cccc(OCCCCC(=O)Nc2ccc(S(=O)(=O)NC3=NCCCCC3)cc2)c1. The molecule has 0 fully saturated rings. The summed E-state index contributed by atoms with van der Waals surface area (Å²) < 4.78 is 33.4. The number of nitrogens with one attached hydrogen (secondary N) is 2. The van der Waals surface area contributed by atoms with Crippen LogP contribution in [0.4, 0.5) is 5.69 Å². The van der Waals surface area contributed by atoms with Crippen molar-refractivity contribution in [2.45, 2.75) is 56.8 Å². The van der Waals surface area contributed by atoms with E-state index in [4.69, 9.17) is 4.74 Å². The third kappa shape index (κ3) is 7.67. The van der Waals surface area contributed by atoms with Crippen LogP contribution in [-0.2, 0) is 14.8 Å². The molecule has 0 bridgehead atoms. The summed E-state index contributed by atoms with van der Waals surface area (Å²) in [6.07, 6.45) is 5.47. The van der Waals surface area contributed by atoms with E-state index in [9.17, 15) is 13.2 Å². The van der Waals surface area contributed by atoms with Crippen LogP contribution in [-0.4, -0.2) is 33.3 Å². The number of unbranched alkanes of at least 4 members (excludes halogenated alkanes) is 1. The highest BCUT2D eigenvalue weighted by Crippen LogP contribution is 2.16. The van der Waals surface area contributed by atoms with Crippen molar-refractivity contribution in [1.82, 2.24) is 4.72 Å². The third-order valence-electron chi connectivity index (χ3n) is 5.13. The number of hydrogen-bond donors (Lipinski definition) is 2. The predicted molar refractivity (Wildman–Crippen MR) is 127 cm³/mol. The van der Waals surface area contributed by atoms with E-state index < -0.39 is 10.0 Å². The quantitative estimate of drug-likeness (QED) is 0.544. The second kappa shape index (κ2) is 11.7. The first kappa shape index (κ1) is 23.8. The van der Waals surface area contributed by atoms with E-state index in [1.54, 1.807) is 12.1 Å². The molecule has 1 heterocycles. The average molecular weight is 458 g/mol. The lowest BCUT2D eigenvalue weighted by atomic mass is 10.2. The van der Waals surface area contributed by atoms with Crippen LogP contribution < -0.4 is 14.8 Å². The number of rotatable bonds is 9. The fraction of sp³-hybridized carbons (Fsp3) is 0.417. The molecule has 0 radical (unpaired) electrons. The Morgan fingerprint density at radius 1 is 1.06 bits per heavy atom. The fourth-order valence-corrected chi connectivity index (χ4v) is 4.48. The second-order valence-corrected chi connectivity index (χ2v) is 9.62. The summed E-state index contributed by atoms with van der Waals surface area (Å²) in [4.78, 5) is 16.6. The smallest absolute Gasteiger partial charge is 0.262 e. The minimum absolute atomic E-state index is 0.109. The van der Waals surface area contributed by atoms with E-state index >= 15 is 0 Å². The number of benzene rings is 2. The summed E-state index contributed by atoms with van der Waals surface area (Å²) >= 11 is 0. The topological polar surface area (TPSA) is 96.9 Å². The summed E-state index contributed by atoms with van der Waals surface area (Å²) in [6, 6.07) is 14.1. The van der Waals surface area contributed by atoms with Gasteiger partial charge in [0.05, 0.1) is 11.5 Å². The maximum Gasteiger partial charge on any atom is 0.262 e. The van der Waals surface area contributed by atoms with Crippen LogP contribution in [0.15, 0.2) is 58.4 Å². The van der Waals surface area contributed by atoms with Gasteiger partial charge in [-0.25, -0.2) is 8.42 Å². The van der Waals surface area contributed by atoms with Crippen molar-refractivity contribution in [3.05, 3.63) is 54.1 Å². The van der Waals surface area contributed by atoms with Gasteiger partial charge in [-0.1, -0.05) is 18.6 Å². The molecule has 172 valence electrons. The van der Waals surface area contributed by atoms with Crippen LogP contribution in [0.1, 0.15) is 50.5 Å². The summed E-state index contributed by atoms with van der Waals surface area (Å²) in [5, 5.41) is 2.81. The Kier molecular flexibility index (Phi) is 8.67. The number of aliphatic imine (C=N–C) groups is 1. The van der Waals surface area contributed by atoms with Gasteiger partial charge in [0, 0.05) is 25.1 Å². The zero-order chi connectivity index (χ0) is 22.8. The highest BCUT2D eigenvalue weighted by Gasteiger charge is 2.17. The second-order valence-electron chi connectivity index (χ2n) is 7.94. The van der Waals surface area contributed by atoms with Crippen molar-refractivity contribution in [2.24, 2.45) is 4.99 Å². The molecule has 1 aliphatic rings. The van der Waals surface area contributed by atoms with E-state index in [1.807, 2.05) is 31.2 Å². The Morgan fingerprint density at radius 3 is 2.66 bits per heavy atom. The Morgan fingerprint density at radius 2 is 1.88 bits per heavy atom. The van der Waals surface area contributed by atoms with Crippen molar-refractivity contribution in [1.29, 1.82) is 0 Å². The molecule has 3 rings (SSSR count). The molecule has 32 heavy (non-hydrogen) atoms. The van der Waals surface area contributed by atoms with E-state index in [0.717, 1.165) is 37.0 Å². The van der Waals surface area contributed by atoms with E-state index in [2.05, 4.69) is 15.0 Å². The van der Waals surface area contributed by atoms with Gasteiger partial charge in [0.1, 0.15) is 11.6 Å². The summed E-state index contributed by atoms with van der Waals surface area (Å²) in [5.41, 5.74) is 1.71. The number of carbonyl (C=O) groups is 1. The molecule has 0 aromatic heterocycles. The number of amides is 1. The molecule has 0 saturated heterocycles. The largest absolute Gasteiger partial charge is 0.494 e. The summed E-state index contributed by atoms with van der Waals surface area (Å²) in [5.74, 6) is 1.25. The van der Waals surface area contributed by atoms with Gasteiger partial charge in [-0.3, -0.25) is 14.5 Å². The van der Waals surface area contributed by atoms with Crippen LogP contribution in [0.2, 0.25) is 0 Å². The molecule has 1 aliphatic heterocycles. The first-order chi connectivity index (χ1) is 15.4. The van der Waals surface area contributed by atoms with Gasteiger partial charge < -0.3 is 10.1 Å². The van der Waals surface area contributed by atoms with E-state index in [-0.39, 0.29) is 10.8 Å². The maximum absolute atomic E-state index is 12.6. The van der Waals surface area contributed by atoms with Crippen molar-refractivity contribution in [3.63, 3.8) is 0 Å². The predicted octanol–water partition coefficient (Wildman–Crippen LogP) is 4.43. The number of sulfonamides is 1. The molecule has 0 spiro atoms. The van der Waals surface area contributed by atoms with Gasteiger partial charge in [0.15, 0.2) is 0 Å². The highest BCUT2D eigenvalue weighted by atomic mass is 32.2. The zero-order valence-corrected chi connectivity index (χ0v) is 19.3. The van der Waals surface area contributed by atoms with Crippen LogP contribution in [0.25, 0.3) is 0 Å². The van der Waals surface area contributed by atoms with Crippen molar-refractivity contribution >= 4 is 27.5 Å². The number of nitrogens with zero attached hydrogens (tertiary/aromatic N) is 1. The van der Waals surface area contributed by atoms with Crippen LogP contribution in [0.3, 0.4) is 0 Å². The van der Waals surface area contributed by atoms with Crippen LogP contribution in [0.5, 0.6) is 5.75 Å². The normalized spacial score (nSPS) is 14.2. The van der Waals surface area contributed by atoms with Gasteiger partial charge in [-0.15, -0.1) is 0 Å². The average Bonchev–Trinajstić information content (AvgIpc) is 3.02. The number of amidine groups is 1. The van der Waals surface area contributed by atoms with Gasteiger partial charge in [0.2, 0.25) is 5.91 Å². The summed E-state index contributed by atoms with van der Waals surface area (Å²) in [7, 11) is -3.67. The van der Waals surface area contributed by atoms with Crippen LogP contribution >= 0.6 is 0 Å². The van der Waals surface area contributed by atoms with Crippen molar-refractivity contribution in [2.75, 3.05) is 18.5 Å². The maximum atomic E-state index is 12.6. The number of hydrogen-bond acceptors (Lipinski definition) is 5. The molecule has 0 saturated carbocycles. The van der Waals surface area contributed by atoms with Crippen molar-refractivity contribution in [3.8, 4) is 5.75 Å². The fourth-order valence-electron chi connectivity index (χ4n) is 3.40. The molecule has 2 aromatic rings. The Labute approximate surface area is 190 Å². The Bertz CT molecular complexity index is 1030. The standard InChI is InChI=1S/C24H31N3O4S/c1-19-8-7-9-21(18-19)31-17-6-4-11-24(28)26-20-12-14-22(15-13-20)32(29,30)27-23-10-3-2-5-16-25-23/h7-9,12-15,18H,2-6,10-11,16-17H2,1H3,(H,25,27)(H,26,28). The molecule has 0 aliphatic carbocycles. The lowest BCUT2D eigenvalue weighted by Gasteiger charge is -2.11.